The first-order valence-electron chi connectivity index (χ1n) is 9.39. The molecule has 0 radical (unpaired) electrons. The number of carbonyl (C=O) groups is 3. The largest absolute Gasteiger partial charge is 0.449 e. The van der Waals surface area contributed by atoms with Crippen molar-refractivity contribution >= 4 is 34.1 Å². The fourth-order valence-electron chi connectivity index (χ4n) is 3.69. The maximum absolute atomic E-state index is 12.8. The van der Waals surface area contributed by atoms with Crippen molar-refractivity contribution in [3.8, 4) is 0 Å². The third-order valence-corrected chi connectivity index (χ3v) is 6.23. The van der Waals surface area contributed by atoms with Crippen molar-refractivity contribution in [3.63, 3.8) is 0 Å². The molecule has 6 nitrogen and oxygen atoms in total. The lowest BCUT2D eigenvalue weighted by molar-refractivity contribution is -0.129. The van der Waals surface area contributed by atoms with E-state index in [9.17, 15) is 14.4 Å². The molecule has 0 aromatic carbocycles. The Kier molecular flexibility index (Phi) is 5.96. The Labute approximate surface area is 157 Å². The highest BCUT2D eigenvalue weighted by atomic mass is 32.1. The van der Waals surface area contributed by atoms with E-state index in [1.54, 1.807) is 6.92 Å². The number of anilines is 1. The van der Waals surface area contributed by atoms with Crippen LogP contribution in [0.15, 0.2) is 0 Å². The van der Waals surface area contributed by atoms with Gasteiger partial charge in [0.25, 0.3) is 5.91 Å². The Balaban J connectivity index is 1.72. The minimum atomic E-state index is -0.854. The zero-order valence-corrected chi connectivity index (χ0v) is 16.2. The maximum atomic E-state index is 12.8. The molecule has 26 heavy (non-hydrogen) atoms. The summed E-state index contributed by atoms with van der Waals surface area (Å²) in [6.07, 6.45) is 7.18. The second-order valence-electron chi connectivity index (χ2n) is 7.13. The molecule has 2 aliphatic carbocycles. The van der Waals surface area contributed by atoms with Gasteiger partial charge in [0.15, 0.2) is 6.10 Å². The number of esters is 1. The van der Waals surface area contributed by atoms with Gasteiger partial charge in [-0.3, -0.25) is 9.59 Å². The Hall–Kier alpha value is -1.89. The highest BCUT2D eigenvalue weighted by Crippen LogP contribution is 2.38. The highest BCUT2D eigenvalue weighted by Gasteiger charge is 2.30. The van der Waals surface area contributed by atoms with Crippen molar-refractivity contribution in [2.75, 3.05) is 5.32 Å². The van der Waals surface area contributed by atoms with Crippen LogP contribution in [0.4, 0.5) is 5.00 Å². The van der Waals surface area contributed by atoms with E-state index in [4.69, 9.17) is 4.74 Å². The number of hydrogen-bond donors (Lipinski definition) is 2. The molecular weight excluding hydrogens is 352 g/mol. The molecule has 0 aliphatic heterocycles. The number of amides is 2. The molecular formula is C19H26N2O4S. The topological polar surface area (TPSA) is 84.5 Å². The van der Waals surface area contributed by atoms with Gasteiger partial charge in [0, 0.05) is 17.8 Å². The molecule has 1 atom stereocenters. The summed E-state index contributed by atoms with van der Waals surface area (Å²) >= 11 is 1.45. The monoisotopic (exact) mass is 378 g/mol. The molecule has 0 spiro atoms. The Morgan fingerprint density at radius 2 is 1.81 bits per heavy atom. The molecule has 1 heterocycles. The van der Waals surface area contributed by atoms with E-state index in [-0.39, 0.29) is 17.9 Å². The molecule has 7 heteroatoms. The summed E-state index contributed by atoms with van der Waals surface area (Å²) in [6.45, 7) is 3.02. The first-order valence-corrected chi connectivity index (χ1v) is 10.2. The van der Waals surface area contributed by atoms with Crippen LogP contribution in [0.1, 0.15) is 73.2 Å². The summed E-state index contributed by atoms with van der Waals surface area (Å²) < 4.78 is 5.46. The minimum Gasteiger partial charge on any atom is -0.449 e. The SMILES string of the molecule is CC(=O)Nc1sc2c(c1C(=O)OC(C)C(=O)NC1CCCC1)CCCC2. The number of hydrogen-bond acceptors (Lipinski definition) is 5. The molecule has 2 N–H and O–H groups in total. The normalized spacial score (nSPS) is 18.1. The van der Waals surface area contributed by atoms with Crippen LogP contribution in [0.5, 0.6) is 0 Å². The molecule has 2 amide bonds. The van der Waals surface area contributed by atoms with Gasteiger partial charge in [-0.2, -0.15) is 0 Å². The average molecular weight is 378 g/mol. The zero-order chi connectivity index (χ0) is 18.7. The summed E-state index contributed by atoms with van der Waals surface area (Å²) in [6, 6.07) is 0.187. The van der Waals surface area contributed by atoms with E-state index in [0.29, 0.717) is 10.6 Å². The molecule has 1 saturated carbocycles. The average Bonchev–Trinajstić information content (AvgIpc) is 3.20. The molecule has 3 rings (SSSR count). The number of thiophene rings is 1. The van der Waals surface area contributed by atoms with E-state index in [1.807, 2.05) is 0 Å². The van der Waals surface area contributed by atoms with Gasteiger partial charge < -0.3 is 15.4 Å². The van der Waals surface area contributed by atoms with Crippen LogP contribution < -0.4 is 10.6 Å². The quantitative estimate of drug-likeness (QED) is 0.771. The molecule has 1 fully saturated rings. The van der Waals surface area contributed by atoms with Crippen molar-refractivity contribution < 1.29 is 19.1 Å². The second kappa shape index (κ2) is 8.20. The first-order chi connectivity index (χ1) is 12.5. The molecule has 0 saturated heterocycles. The third-order valence-electron chi connectivity index (χ3n) is 5.02. The summed E-state index contributed by atoms with van der Waals surface area (Å²) in [5, 5.41) is 6.25. The smallest absolute Gasteiger partial charge is 0.342 e. The van der Waals surface area contributed by atoms with E-state index < -0.39 is 12.1 Å². The maximum Gasteiger partial charge on any atom is 0.342 e. The van der Waals surface area contributed by atoms with E-state index >= 15 is 0 Å². The second-order valence-corrected chi connectivity index (χ2v) is 8.24. The molecule has 0 bridgehead atoms. The van der Waals surface area contributed by atoms with Crippen LogP contribution in [0.3, 0.4) is 0 Å². The lowest BCUT2D eigenvalue weighted by Crippen LogP contribution is -2.41. The summed E-state index contributed by atoms with van der Waals surface area (Å²) in [4.78, 5) is 37.7. The van der Waals surface area contributed by atoms with Crippen LogP contribution in [0.25, 0.3) is 0 Å². The van der Waals surface area contributed by atoms with Gasteiger partial charge in [-0.1, -0.05) is 12.8 Å². The van der Waals surface area contributed by atoms with Crippen molar-refractivity contribution in [2.24, 2.45) is 0 Å². The van der Waals surface area contributed by atoms with Crippen LogP contribution in [-0.2, 0) is 27.2 Å². The van der Waals surface area contributed by atoms with Crippen molar-refractivity contribution in [1.29, 1.82) is 0 Å². The predicted octanol–water partition coefficient (Wildman–Crippen LogP) is 3.19. The van der Waals surface area contributed by atoms with E-state index in [2.05, 4.69) is 10.6 Å². The molecule has 1 unspecified atom stereocenters. The van der Waals surface area contributed by atoms with Gasteiger partial charge in [-0.05, 0) is 51.0 Å². The highest BCUT2D eigenvalue weighted by molar-refractivity contribution is 7.17. The van der Waals surface area contributed by atoms with Crippen LogP contribution in [0, 0.1) is 0 Å². The van der Waals surface area contributed by atoms with Gasteiger partial charge in [0.1, 0.15) is 5.00 Å². The molecule has 1 aromatic rings. The van der Waals surface area contributed by atoms with Gasteiger partial charge in [0.05, 0.1) is 5.56 Å². The van der Waals surface area contributed by atoms with Gasteiger partial charge in [0.2, 0.25) is 5.91 Å². The predicted molar refractivity (Wildman–Crippen MR) is 101 cm³/mol. The van der Waals surface area contributed by atoms with Crippen LogP contribution in [0.2, 0.25) is 0 Å². The van der Waals surface area contributed by atoms with E-state index in [0.717, 1.165) is 61.8 Å². The molecule has 142 valence electrons. The van der Waals surface area contributed by atoms with Gasteiger partial charge >= 0.3 is 5.97 Å². The molecule has 2 aliphatic rings. The number of aryl methyl sites for hydroxylation is 1. The summed E-state index contributed by atoms with van der Waals surface area (Å²) in [5.74, 6) is -0.998. The Bertz CT molecular complexity index is 707. The van der Waals surface area contributed by atoms with Crippen molar-refractivity contribution in [2.45, 2.75) is 77.4 Å². The van der Waals surface area contributed by atoms with E-state index in [1.165, 1.54) is 18.3 Å². The Morgan fingerprint density at radius 1 is 1.12 bits per heavy atom. The first kappa shape index (κ1) is 18.9. The number of rotatable bonds is 5. The summed E-state index contributed by atoms with van der Waals surface area (Å²) in [5.41, 5.74) is 1.40. The minimum absolute atomic E-state index is 0.187. The zero-order valence-electron chi connectivity index (χ0n) is 15.4. The summed E-state index contributed by atoms with van der Waals surface area (Å²) in [7, 11) is 0. The van der Waals surface area contributed by atoms with Gasteiger partial charge in [-0.25, -0.2) is 4.79 Å². The Morgan fingerprint density at radius 3 is 2.50 bits per heavy atom. The third kappa shape index (κ3) is 4.26. The van der Waals surface area contributed by atoms with Gasteiger partial charge in [-0.15, -0.1) is 11.3 Å². The lowest BCUT2D eigenvalue weighted by atomic mass is 9.95. The standard InChI is InChI=1S/C19H26N2O4S/c1-11(17(23)21-13-7-3-4-8-13)25-19(24)16-14-9-5-6-10-15(14)26-18(16)20-12(2)22/h11,13H,3-10H2,1-2H3,(H,20,22)(H,21,23). The fraction of sp³-hybridized carbons (Fsp3) is 0.632. The van der Waals surface area contributed by atoms with Crippen molar-refractivity contribution in [1.82, 2.24) is 5.32 Å². The fourth-order valence-corrected chi connectivity index (χ4v) is 5.01. The van der Waals surface area contributed by atoms with Crippen molar-refractivity contribution in [3.05, 3.63) is 16.0 Å². The molecule has 1 aromatic heterocycles. The number of fused-ring (bicyclic) bond motifs is 1. The number of ether oxygens (including phenoxy) is 1. The number of carbonyl (C=O) groups excluding carboxylic acids is 3. The van der Waals surface area contributed by atoms with Crippen LogP contribution in [-0.4, -0.2) is 29.9 Å². The number of nitrogens with one attached hydrogen (secondary N) is 2. The van der Waals surface area contributed by atoms with Crippen LogP contribution >= 0.6 is 11.3 Å². The lowest BCUT2D eigenvalue weighted by Gasteiger charge is -2.18.